The molecule has 1 unspecified atom stereocenters. The summed E-state index contributed by atoms with van der Waals surface area (Å²) in [4.78, 5) is 4.53. The molecule has 0 radical (unpaired) electrons. The maximum atomic E-state index is 4.53. The molecule has 0 saturated heterocycles. The van der Waals surface area contributed by atoms with E-state index in [-0.39, 0.29) is 0 Å². The standard InChI is InChI=1S/C17H32N4/c1-5-18-15(17(4)9-7-6-8-10-17)11-16-19-13-20-21(16)12-14(2)3/h13-15,18H,5-12H2,1-4H3. The van der Waals surface area contributed by atoms with E-state index in [1.807, 2.05) is 0 Å². The van der Waals surface area contributed by atoms with E-state index in [0.29, 0.717) is 17.4 Å². The van der Waals surface area contributed by atoms with Crippen LogP contribution in [0.1, 0.15) is 65.6 Å². The van der Waals surface area contributed by atoms with E-state index in [9.17, 15) is 0 Å². The minimum Gasteiger partial charge on any atom is -0.313 e. The van der Waals surface area contributed by atoms with Gasteiger partial charge in [-0.2, -0.15) is 5.10 Å². The van der Waals surface area contributed by atoms with Crippen molar-refractivity contribution in [3.05, 3.63) is 12.2 Å². The van der Waals surface area contributed by atoms with Crippen LogP contribution < -0.4 is 5.32 Å². The Hall–Kier alpha value is -0.900. The summed E-state index contributed by atoms with van der Waals surface area (Å²) in [6, 6.07) is 0.512. The number of nitrogens with one attached hydrogen (secondary N) is 1. The molecule has 1 atom stereocenters. The van der Waals surface area contributed by atoms with E-state index in [0.717, 1.165) is 25.3 Å². The van der Waals surface area contributed by atoms with E-state index in [1.165, 1.54) is 32.1 Å². The van der Waals surface area contributed by atoms with Crippen molar-refractivity contribution in [3.8, 4) is 0 Å². The molecule has 0 amide bonds. The lowest BCUT2D eigenvalue weighted by Crippen LogP contribution is -2.46. The van der Waals surface area contributed by atoms with Gasteiger partial charge in [-0.25, -0.2) is 9.67 Å². The monoisotopic (exact) mass is 292 g/mol. The predicted molar refractivity (Wildman–Crippen MR) is 87.2 cm³/mol. The van der Waals surface area contributed by atoms with Gasteiger partial charge in [-0.3, -0.25) is 0 Å². The van der Waals surface area contributed by atoms with Gasteiger partial charge in [-0.1, -0.05) is 47.0 Å². The highest BCUT2D eigenvalue weighted by molar-refractivity contribution is 4.98. The van der Waals surface area contributed by atoms with Crippen LogP contribution in [0.25, 0.3) is 0 Å². The van der Waals surface area contributed by atoms with Crippen molar-refractivity contribution in [2.75, 3.05) is 6.54 Å². The zero-order chi connectivity index (χ0) is 15.3. The summed E-state index contributed by atoms with van der Waals surface area (Å²) in [6.45, 7) is 11.1. The van der Waals surface area contributed by atoms with Gasteiger partial charge in [0.15, 0.2) is 0 Å². The molecular formula is C17H32N4. The highest BCUT2D eigenvalue weighted by Gasteiger charge is 2.35. The summed E-state index contributed by atoms with van der Waals surface area (Å²) >= 11 is 0. The van der Waals surface area contributed by atoms with E-state index in [4.69, 9.17) is 0 Å². The molecule has 0 bridgehead atoms. The zero-order valence-electron chi connectivity index (χ0n) is 14.2. The Morgan fingerprint density at radius 3 is 2.62 bits per heavy atom. The smallest absolute Gasteiger partial charge is 0.138 e. The van der Waals surface area contributed by atoms with Crippen molar-refractivity contribution in [1.29, 1.82) is 0 Å². The van der Waals surface area contributed by atoms with Gasteiger partial charge in [-0.15, -0.1) is 0 Å². The summed E-state index contributed by atoms with van der Waals surface area (Å²) in [5, 5.41) is 8.15. The molecule has 0 aliphatic heterocycles. The van der Waals surface area contributed by atoms with Crippen molar-refractivity contribution in [1.82, 2.24) is 20.1 Å². The molecule has 1 aliphatic carbocycles. The third kappa shape index (κ3) is 4.29. The van der Waals surface area contributed by atoms with Crippen molar-refractivity contribution in [2.45, 2.75) is 78.8 Å². The van der Waals surface area contributed by atoms with Crippen LogP contribution in [0, 0.1) is 11.3 Å². The SMILES string of the molecule is CCNC(Cc1ncnn1CC(C)C)C1(C)CCCCC1. The molecule has 21 heavy (non-hydrogen) atoms. The van der Waals surface area contributed by atoms with Gasteiger partial charge >= 0.3 is 0 Å². The molecule has 120 valence electrons. The minimum absolute atomic E-state index is 0.406. The Labute approximate surface area is 129 Å². The number of hydrogen-bond acceptors (Lipinski definition) is 3. The van der Waals surface area contributed by atoms with Crippen molar-refractivity contribution >= 4 is 0 Å². The lowest BCUT2D eigenvalue weighted by atomic mass is 9.69. The van der Waals surface area contributed by atoms with Gasteiger partial charge in [0.1, 0.15) is 12.2 Å². The summed E-state index contributed by atoms with van der Waals surface area (Å²) in [7, 11) is 0. The average Bonchev–Trinajstić information content (AvgIpc) is 2.85. The third-order valence-corrected chi connectivity index (χ3v) is 4.91. The molecule has 1 fully saturated rings. The van der Waals surface area contributed by atoms with Gasteiger partial charge in [0.2, 0.25) is 0 Å². The molecule has 1 saturated carbocycles. The third-order valence-electron chi connectivity index (χ3n) is 4.91. The maximum Gasteiger partial charge on any atom is 0.138 e. The minimum atomic E-state index is 0.406. The van der Waals surface area contributed by atoms with Crippen LogP contribution in [0.2, 0.25) is 0 Å². The van der Waals surface area contributed by atoms with Crippen LogP contribution in [-0.2, 0) is 13.0 Å². The largest absolute Gasteiger partial charge is 0.313 e. The lowest BCUT2D eigenvalue weighted by molar-refractivity contribution is 0.142. The Morgan fingerprint density at radius 2 is 2.00 bits per heavy atom. The number of aromatic nitrogens is 3. The van der Waals surface area contributed by atoms with Gasteiger partial charge in [0.05, 0.1) is 0 Å². The Balaban J connectivity index is 2.10. The van der Waals surface area contributed by atoms with E-state index in [1.54, 1.807) is 6.33 Å². The van der Waals surface area contributed by atoms with Crippen LogP contribution >= 0.6 is 0 Å². The van der Waals surface area contributed by atoms with Gasteiger partial charge < -0.3 is 5.32 Å². The first-order valence-electron chi connectivity index (χ1n) is 8.65. The first-order valence-corrected chi connectivity index (χ1v) is 8.65. The number of nitrogens with zero attached hydrogens (tertiary/aromatic N) is 3. The fourth-order valence-corrected chi connectivity index (χ4v) is 3.65. The second-order valence-electron chi connectivity index (χ2n) is 7.28. The molecular weight excluding hydrogens is 260 g/mol. The first-order chi connectivity index (χ1) is 10.0. The molecule has 1 N–H and O–H groups in total. The Bertz CT molecular complexity index is 418. The maximum absolute atomic E-state index is 4.53. The number of likely N-dealkylation sites (N-methyl/N-ethyl adjacent to an activating group) is 1. The fraction of sp³-hybridized carbons (Fsp3) is 0.882. The summed E-state index contributed by atoms with van der Waals surface area (Å²) in [6.07, 6.45) is 9.53. The highest BCUT2D eigenvalue weighted by atomic mass is 15.3. The molecule has 4 nitrogen and oxygen atoms in total. The highest BCUT2D eigenvalue weighted by Crippen LogP contribution is 2.39. The second-order valence-corrected chi connectivity index (χ2v) is 7.28. The lowest BCUT2D eigenvalue weighted by Gasteiger charge is -2.41. The van der Waals surface area contributed by atoms with Crippen LogP contribution in [0.3, 0.4) is 0 Å². The van der Waals surface area contributed by atoms with Crippen LogP contribution in [0.5, 0.6) is 0 Å². The number of rotatable bonds is 7. The first kappa shape index (κ1) is 16.5. The fourth-order valence-electron chi connectivity index (χ4n) is 3.65. The molecule has 0 spiro atoms. The van der Waals surface area contributed by atoms with E-state index >= 15 is 0 Å². The topological polar surface area (TPSA) is 42.7 Å². The van der Waals surface area contributed by atoms with Crippen LogP contribution in [0.4, 0.5) is 0 Å². The molecule has 4 heteroatoms. The van der Waals surface area contributed by atoms with Crippen molar-refractivity contribution < 1.29 is 0 Å². The summed E-state index contributed by atoms with van der Waals surface area (Å²) in [5.74, 6) is 1.75. The molecule has 1 heterocycles. The Kier molecular flexibility index (Phi) is 5.80. The summed E-state index contributed by atoms with van der Waals surface area (Å²) in [5.41, 5.74) is 0.406. The summed E-state index contributed by atoms with van der Waals surface area (Å²) < 4.78 is 2.10. The van der Waals surface area contributed by atoms with E-state index in [2.05, 4.69) is 47.8 Å². The van der Waals surface area contributed by atoms with Crippen molar-refractivity contribution in [2.24, 2.45) is 11.3 Å². The second kappa shape index (κ2) is 7.39. The average molecular weight is 292 g/mol. The zero-order valence-corrected chi connectivity index (χ0v) is 14.2. The van der Waals surface area contributed by atoms with Gasteiger partial charge in [0, 0.05) is 19.0 Å². The molecule has 0 aromatic carbocycles. The predicted octanol–water partition coefficient (Wildman–Crippen LogP) is 3.43. The van der Waals surface area contributed by atoms with Crippen LogP contribution in [0.15, 0.2) is 6.33 Å². The normalized spacial score (nSPS) is 19.9. The molecule has 2 rings (SSSR count). The quantitative estimate of drug-likeness (QED) is 0.837. The Morgan fingerprint density at radius 1 is 1.29 bits per heavy atom. The van der Waals surface area contributed by atoms with Crippen molar-refractivity contribution in [3.63, 3.8) is 0 Å². The van der Waals surface area contributed by atoms with Crippen LogP contribution in [-0.4, -0.2) is 27.4 Å². The number of hydrogen-bond donors (Lipinski definition) is 1. The molecule has 1 aromatic heterocycles. The van der Waals surface area contributed by atoms with Gasteiger partial charge in [-0.05, 0) is 30.7 Å². The molecule has 1 aliphatic rings. The van der Waals surface area contributed by atoms with E-state index < -0.39 is 0 Å². The van der Waals surface area contributed by atoms with Gasteiger partial charge in [0.25, 0.3) is 0 Å². The molecule has 1 aromatic rings.